The molecule has 0 radical (unpaired) electrons. The van der Waals surface area contributed by atoms with Crippen molar-refractivity contribution >= 4 is 49.6 Å². The van der Waals surface area contributed by atoms with Gasteiger partial charge in [-0.15, -0.1) is 0 Å². The summed E-state index contributed by atoms with van der Waals surface area (Å²) in [5, 5.41) is 4.99. The van der Waals surface area contributed by atoms with E-state index in [0.29, 0.717) is 0 Å². The van der Waals surface area contributed by atoms with Crippen LogP contribution in [0.25, 0.3) is 93.9 Å². The minimum atomic E-state index is 1.07. The van der Waals surface area contributed by atoms with E-state index in [1.54, 1.807) is 0 Å². The Balaban J connectivity index is 1.00. The fraction of sp³-hybridized carbons (Fsp3) is 0. The molecular formula is C64H44N2. The van der Waals surface area contributed by atoms with Gasteiger partial charge in [-0.3, -0.25) is 0 Å². The van der Waals surface area contributed by atoms with Crippen LogP contribution < -0.4 is 4.90 Å². The molecule has 12 aromatic rings. The number of benzene rings is 11. The van der Waals surface area contributed by atoms with Crippen LogP contribution in [0, 0.1) is 0 Å². The lowest BCUT2D eigenvalue weighted by atomic mass is 9.88. The quantitative estimate of drug-likeness (QED) is 0.141. The number of para-hydroxylation sites is 3. The number of nitrogens with zero attached hydrogens (tertiary/aromatic N) is 2. The monoisotopic (exact) mass is 840 g/mol. The van der Waals surface area contributed by atoms with Gasteiger partial charge in [0.2, 0.25) is 0 Å². The summed E-state index contributed by atoms with van der Waals surface area (Å²) >= 11 is 0. The number of aromatic nitrogens is 1. The summed E-state index contributed by atoms with van der Waals surface area (Å²) in [6, 6.07) is 96.9. The molecule has 0 saturated carbocycles. The van der Waals surface area contributed by atoms with Crippen LogP contribution in [0.3, 0.4) is 0 Å². The topological polar surface area (TPSA) is 8.17 Å². The molecule has 2 nitrogen and oxygen atoms in total. The van der Waals surface area contributed by atoms with Gasteiger partial charge >= 0.3 is 0 Å². The predicted octanol–water partition coefficient (Wildman–Crippen LogP) is 17.7. The number of anilines is 3. The molecule has 0 atom stereocenters. The zero-order valence-corrected chi connectivity index (χ0v) is 36.3. The maximum atomic E-state index is 2.42. The molecule has 0 bridgehead atoms. The van der Waals surface area contributed by atoms with Crippen molar-refractivity contribution in [2.24, 2.45) is 0 Å². The Morgan fingerprint density at radius 2 is 0.727 bits per heavy atom. The van der Waals surface area contributed by atoms with Gasteiger partial charge in [-0.05, 0) is 115 Å². The van der Waals surface area contributed by atoms with E-state index in [0.717, 1.165) is 33.9 Å². The van der Waals surface area contributed by atoms with Gasteiger partial charge in [0.1, 0.15) is 0 Å². The van der Waals surface area contributed by atoms with Gasteiger partial charge in [-0.25, -0.2) is 0 Å². The second kappa shape index (κ2) is 16.8. The molecule has 310 valence electrons. The first kappa shape index (κ1) is 38.9. The molecule has 12 rings (SSSR count). The second-order valence-electron chi connectivity index (χ2n) is 16.9. The van der Waals surface area contributed by atoms with Crippen molar-refractivity contribution in [3.05, 3.63) is 267 Å². The fourth-order valence-electron chi connectivity index (χ4n) is 9.94. The summed E-state index contributed by atoms with van der Waals surface area (Å²) in [7, 11) is 0. The van der Waals surface area contributed by atoms with Crippen LogP contribution in [-0.4, -0.2) is 4.57 Å². The highest BCUT2D eigenvalue weighted by Gasteiger charge is 2.21. The summed E-state index contributed by atoms with van der Waals surface area (Å²) in [5.41, 5.74) is 18.7. The van der Waals surface area contributed by atoms with Crippen LogP contribution in [0.2, 0.25) is 0 Å². The minimum absolute atomic E-state index is 1.07. The van der Waals surface area contributed by atoms with E-state index in [2.05, 4.69) is 276 Å². The lowest BCUT2D eigenvalue weighted by molar-refractivity contribution is 1.18. The Hall–Kier alpha value is -8.72. The number of rotatable bonds is 9. The molecule has 0 saturated heterocycles. The molecule has 0 amide bonds. The van der Waals surface area contributed by atoms with E-state index in [-0.39, 0.29) is 0 Å². The van der Waals surface area contributed by atoms with Crippen molar-refractivity contribution in [2.45, 2.75) is 0 Å². The van der Waals surface area contributed by atoms with Crippen LogP contribution in [0.5, 0.6) is 0 Å². The Morgan fingerprint density at radius 1 is 0.258 bits per heavy atom. The molecule has 0 N–H and O–H groups in total. The third kappa shape index (κ3) is 6.93. The van der Waals surface area contributed by atoms with Gasteiger partial charge in [0, 0.05) is 33.4 Å². The Bertz CT molecular complexity index is 3670. The van der Waals surface area contributed by atoms with Crippen molar-refractivity contribution in [1.29, 1.82) is 0 Å². The van der Waals surface area contributed by atoms with Crippen LogP contribution in [0.15, 0.2) is 267 Å². The van der Waals surface area contributed by atoms with Gasteiger partial charge in [0.25, 0.3) is 0 Å². The second-order valence-corrected chi connectivity index (χ2v) is 16.9. The van der Waals surface area contributed by atoms with E-state index >= 15 is 0 Å². The van der Waals surface area contributed by atoms with Gasteiger partial charge in [0.05, 0.1) is 16.7 Å². The molecule has 0 spiro atoms. The molecule has 1 heterocycles. The third-order valence-electron chi connectivity index (χ3n) is 13.0. The van der Waals surface area contributed by atoms with Crippen molar-refractivity contribution in [1.82, 2.24) is 4.57 Å². The van der Waals surface area contributed by atoms with Gasteiger partial charge < -0.3 is 9.47 Å². The summed E-state index contributed by atoms with van der Waals surface area (Å²) in [4.78, 5) is 2.42. The number of fused-ring (bicyclic) bond motifs is 4. The van der Waals surface area contributed by atoms with Crippen LogP contribution >= 0.6 is 0 Å². The van der Waals surface area contributed by atoms with Gasteiger partial charge in [0.15, 0.2) is 0 Å². The Labute approximate surface area is 385 Å². The molecule has 2 heteroatoms. The lowest BCUT2D eigenvalue weighted by Crippen LogP contribution is -2.11. The molecule has 0 unspecified atom stereocenters. The zero-order valence-electron chi connectivity index (χ0n) is 36.3. The zero-order chi connectivity index (χ0) is 43.8. The average Bonchev–Trinajstić information content (AvgIpc) is 3.73. The smallest absolute Gasteiger partial charge is 0.0547 e. The molecule has 0 aliphatic heterocycles. The molecule has 1 aromatic heterocycles. The molecule has 0 fully saturated rings. The normalized spacial score (nSPS) is 11.3. The summed E-state index contributed by atoms with van der Waals surface area (Å²) in [6.07, 6.45) is 0. The van der Waals surface area contributed by atoms with Gasteiger partial charge in [-0.1, -0.05) is 212 Å². The van der Waals surface area contributed by atoms with E-state index in [1.165, 1.54) is 77.1 Å². The maximum absolute atomic E-state index is 2.42. The average molecular weight is 841 g/mol. The first-order chi connectivity index (χ1) is 32.8. The number of hydrogen-bond donors (Lipinski definition) is 0. The van der Waals surface area contributed by atoms with E-state index < -0.39 is 0 Å². The van der Waals surface area contributed by atoms with Crippen molar-refractivity contribution in [3.63, 3.8) is 0 Å². The molecule has 66 heavy (non-hydrogen) atoms. The first-order valence-corrected chi connectivity index (χ1v) is 22.7. The Kier molecular flexibility index (Phi) is 9.89. The van der Waals surface area contributed by atoms with Gasteiger partial charge in [-0.2, -0.15) is 0 Å². The number of hydrogen-bond acceptors (Lipinski definition) is 1. The van der Waals surface area contributed by atoms with Crippen LogP contribution in [0.1, 0.15) is 0 Å². The molecule has 0 aliphatic carbocycles. The largest absolute Gasteiger partial charge is 0.310 e. The fourth-order valence-corrected chi connectivity index (χ4v) is 9.94. The van der Waals surface area contributed by atoms with Crippen LogP contribution in [-0.2, 0) is 0 Å². The highest BCUT2D eigenvalue weighted by atomic mass is 15.1. The predicted molar refractivity (Wildman–Crippen MR) is 280 cm³/mol. The summed E-state index contributed by atoms with van der Waals surface area (Å²) in [6.45, 7) is 0. The van der Waals surface area contributed by atoms with E-state index in [1.807, 2.05) is 0 Å². The highest BCUT2D eigenvalue weighted by molar-refractivity contribution is 6.10. The Morgan fingerprint density at radius 3 is 1.45 bits per heavy atom. The van der Waals surface area contributed by atoms with E-state index in [4.69, 9.17) is 0 Å². The van der Waals surface area contributed by atoms with Crippen molar-refractivity contribution < 1.29 is 0 Å². The first-order valence-electron chi connectivity index (χ1n) is 22.7. The molecule has 11 aromatic carbocycles. The lowest BCUT2D eigenvalue weighted by Gasteiger charge is -2.29. The summed E-state index contributed by atoms with van der Waals surface area (Å²) < 4.78 is 2.39. The minimum Gasteiger partial charge on any atom is -0.310 e. The third-order valence-corrected chi connectivity index (χ3v) is 13.0. The SMILES string of the molecule is c1ccc(-c2ccccc2-c2ccccc2-c2ccccc2N(c2ccc(-c3ccc4c5ccccc5n(-c5ccccc5)c4c3)cc2)c2ccc(-c3cccc4ccccc34)cc2)cc1. The van der Waals surface area contributed by atoms with Crippen molar-refractivity contribution in [3.8, 4) is 61.3 Å². The maximum Gasteiger partial charge on any atom is 0.0547 e. The van der Waals surface area contributed by atoms with Crippen molar-refractivity contribution in [2.75, 3.05) is 4.90 Å². The van der Waals surface area contributed by atoms with Crippen LogP contribution in [0.4, 0.5) is 17.1 Å². The highest BCUT2D eigenvalue weighted by Crippen LogP contribution is 2.46. The van der Waals surface area contributed by atoms with E-state index in [9.17, 15) is 0 Å². The standard InChI is InChI=1S/C64H44N2/c1-3-18-46(19-4-1)55-25-9-10-26-56(55)57-27-11-12-28-58(57)59-29-13-15-32-62(59)65(52-41-36-48(37-42-52)54-31-17-21-47-20-7-8-24-53(47)54)51-39-34-45(35-40-51)49-38-43-61-60-30-14-16-33-63(60)66(64(61)44-49)50-22-5-2-6-23-50/h1-44H. The summed E-state index contributed by atoms with van der Waals surface area (Å²) in [5.74, 6) is 0. The molecule has 0 aliphatic rings. The molecular weight excluding hydrogens is 797 g/mol.